The van der Waals surface area contributed by atoms with Crippen molar-refractivity contribution in [2.45, 2.75) is 95.2 Å². The summed E-state index contributed by atoms with van der Waals surface area (Å²) in [4.78, 5) is 25.3. The molecule has 5 N–H and O–H groups in total. The average molecular weight is 498 g/mol. The van der Waals surface area contributed by atoms with E-state index in [1.807, 2.05) is 30.3 Å². The number of amides is 1. The second-order valence-electron chi connectivity index (χ2n) is 9.05. The van der Waals surface area contributed by atoms with Gasteiger partial charge in [0, 0.05) is 26.4 Å². The fourth-order valence-corrected chi connectivity index (χ4v) is 3.66. The van der Waals surface area contributed by atoms with Crippen LogP contribution in [0.25, 0.3) is 0 Å². The molecule has 9 heteroatoms. The topological polar surface area (TPSA) is 148 Å². The third-order valence-electron chi connectivity index (χ3n) is 5.98. The van der Waals surface area contributed by atoms with E-state index in [2.05, 4.69) is 0 Å². The molecule has 0 unspecified atom stereocenters. The second kappa shape index (κ2) is 18.3. The fraction of sp³-hybridized carbons (Fsp3) is 0.692. The van der Waals surface area contributed by atoms with Crippen LogP contribution >= 0.6 is 0 Å². The SMILES string of the molecule is CN(C[C@H](O)[C@@H](O)[C@H](O)[C@H](O)CO)C(=O)CCCCCCCCCCC(=O)OCc1ccccc1. The lowest BCUT2D eigenvalue weighted by Gasteiger charge is -2.28. The van der Waals surface area contributed by atoms with E-state index in [4.69, 9.17) is 9.84 Å². The summed E-state index contributed by atoms with van der Waals surface area (Å²) < 4.78 is 5.27. The van der Waals surface area contributed by atoms with Gasteiger partial charge in [-0.3, -0.25) is 9.59 Å². The van der Waals surface area contributed by atoms with Crippen LogP contribution in [-0.2, 0) is 20.9 Å². The predicted molar refractivity (Wildman–Crippen MR) is 131 cm³/mol. The van der Waals surface area contributed by atoms with E-state index in [-0.39, 0.29) is 18.4 Å². The summed E-state index contributed by atoms with van der Waals surface area (Å²) in [5, 5.41) is 47.6. The highest BCUT2D eigenvalue weighted by Gasteiger charge is 2.31. The molecule has 9 nitrogen and oxygen atoms in total. The van der Waals surface area contributed by atoms with Crippen molar-refractivity contribution in [3.8, 4) is 0 Å². The lowest BCUT2D eigenvalue weighted by Crippen LogP contribution is -2.49. The monoisotopic (exact) mass is 497 g/mol. The van der Waals surface area contributed by atoms with Crippen molar-refractivity contribution in [1.29, 1.82) is 0 Å². The summed E-state index contributed by atoms with van der Waals surface area (Å²) in [6.07, 6.45) is 2.06. The molecule has 4 atom stereocenters. The highest BCUT2D eigenvalue weighted by molar-refractivity contribution is 5.75. The molecule has 0 aliphatic rings. The zero-order valence-electron chi connectivity index (χ0n) is 20.8. The summed E-state index contributed by atoms with van der Waals surface area (Å²) in [5.41, 5.74) is 0.986. The number of carbonyl (C=O) groups excluding carboxylic acids is 2. The minimum Gasteiger partial charge on any atom is -0.461 e. The van der Waals surface area contributed by atoms with Crippen LogP contribution in [0.3, 0.4) is 0 Å². The summed E-state index contributed by atoms with van der Waals surface area (Å²) in [6.45, 7) is -0.614. The van der Waals surface area contributed by atoms with Gasteiger partial charge in [0.05, 0.1) is 6.61 Å². The van der Waals surface area contributed by atoms with Gasteiger partial charge in [0.2, 0.25) is 5.91 Å². The third kappa shape index (κ3) is 13.6. The molecule has 200 valence electrons. The first-order valence-electron chi connectivity index (χ1n) is 12.5. The normalized spacial score (nSPS) is 14.7. The Hall–Kier alpha value is -2.04. The van der Waals surface area contributed by atoms with Gasteiger partial charge in [-0.05, 0) is 18.4 Å². The van der Waals surface area contributed by atoms with Gasteiger partial charge in [0.1, 0.15) is 31.0 Å². The van der Waals surface area contributed by atoms with Gasteiger partial charge in [0.25, 0.3) is 0 Å². The molecule has 0 fully saturated rings. The number of benzene rings is 1. The van der Waals surface area contributed by atoms with Crippen molar-refractivity contribution < 1.29 is 39.9 Å². The second-order valence-corrected chi connectivity index (χ2v) is 9.05. The number of rotatable bonds is 19. The Morgan fingerprint density at radius 3 is 1.89 bits per heavy atom. The van der Waals surface area contributed by atoms with Gasteiger partial charge in [-0.15, -0.1) is 0 Å². The molecule has 0 radical (unpaired) electrons. The van der Waals surface area contributed by atoms with Gasteiger partial charge >= 0.3 is 5.97 Å². The number of aliphatic hydroxyl groups is 5. The summed E-state index contributed by atoms with van der Waals surface area (Å²) in [7, 11) is 1.50. The maximum atomic E-state index is 12.2. The molecule has 1 aromatic rings. The molecule has 1 rings (SSSR count). The Kier molecular flexibility index (Phi) is 16.2. The first-order valence-corrected chi connectivity index (χ1v) is 12.5. The van der Waals surface area contributed by atoms with E-state index in [9.17, 15) is 30.0 Å². The van der Waals surface area contributed by atoms with Crippen molar-refractivity contribution in [2.24, 2.45) is 0 Å². The number of hydrogen-bond acceptors (Lipinski definition) is 8. The van der Waals surface area contributed by atoms with Crippen LogP contribution in [-0.4, -0.2) is 86.9 Å². The molecule has 35 heavy (non-hydrogen) atoms. The number of ether oxygens (including phenoxy) is 1. The molecular formula is C26H43NO8. The van der Waals surface area contributed by atoms with Crippen LogP contribution < -0.4 is 0 Å². The Labute approximate surface area is 208 Å². The van der Waals surface area contributed by atoms with E-state index in [0.29, 0.717) is 19.4 Å². The van der Waals surface area contributed by atoms with E-state index < -0.39 is 31.0 Å². The number of hydrogen-bond donors (Lipinski definition) is 5. The number of aliphatic hydroxyl groups excluding tert-OH is 5. The molecule has 0 aliphatic heterocycles. The molecule has 0 saturated heterocycles. The van der Waals surface area contributed by atoms with Crippen molar-refractivity contribution in [2.75, 3.05) is 20.2 Å². The van der Waals surface area contributed by atoms with Crippen LogP contribution in [0, 0.1) is 0 Å². The van der Waals surface area contributed by atoms with Crippen LogP contribution in [0.15, 0.2) is 30.3 Å². The Balaban J connectivity index is 2.00. The lowest BCUT2D eigenvalue weighted by molar-refractivity contribution is -0.145. The number of carbonyl (C=O) groups is 2. The van der Waals surface area contributed by atoms with Crippen LogP contribution in [0.1, 0.15) is 69.8 Å². The van der Waals surface area contributed by atoms with E-state index in [0.717, 1.165) is 56.9 Å². The molecule has 0 spiro atoms. The van der Waals surface area contributed by atoms with Gasteiger partial charge in [0.15, 0.2) is 0 Å². The zero-order valence-corrected chi connectivity index (χ0v) is 20.8. The fourth-order valence-electron chi connectivity index (χ4n) is 3.66. The van der Waals surface area contributed by atoms with Gasteiger partial charge in [-0.1, -0.05) is 68.9 Å². The first kappa shape index (κ1) is 31.0. The standard InChI is InChI=1S/C26H43NO8/c1-27(17-21(29)25(33)26(34)22(30)18-28)23(31)15-11-6-4-2-3-5-7-12-16-24(32)35-19-20-13-9-8-10-14-20/h8-10,13-14,21-22,25-26,28-30,33-34H,2-7,11-12,15-19H2,1H3/t21-,22+,25+,26+/m0/s1. The molecule has 0 aliphatic carbocycles. The number of unbranched alkanes of at least 4 members (excludes halogenated alkanes) is 7. The van der Waals surface area contributed by atoms with Gasteiger partial charge in [-0.2, -0.15) is 0 Å². The Morgan fingerprint density at radius 2 is 1.31 bits per heavy atom. The van der Waals surface area contributed by atoms with Crippen LogP contribution in [0.2, 0.25) is 0 Å². The molecule has 0 aromatic heterocycles. The first-order chi connectivity index (χ1) is 16.8. The van der Waals surface area contributed by atoms with E-state index >= 15 is 0 Å². The van der Waals surface area contributed by atoms with Crippen LogP contribution in [0.4, 0.5) is 0 Å². The Morgan fingerprint density at radius 1 is 0.800 bits per heavy atom. The van der Waals surface area contributed by atoms with E-state index in [1.165, 1.54) is 11.9 Å². The molecule has 0 bridgehead atoms. The van der Waals surface area contributed by atoms with Crippen molar-refractivity contribution in [1.82, 2.24) is 4.90 Å². The highest BCUT2D eigenvalue weighted by Crippen LogP contribution is 2.13. The minimum atomic E-state index is -1.70. The molecule has 0 heterocycles. The lowest BCUT2D eigenvalue weighted by atomic mass is 10.0. The average Bonchev–Trinajstić information content (AvgIpc) is 2.87. The number of likely N-dealkylation sites (N-methyl/N-ethyl adjacent to an activating group) is 1. The zero-order chi connectivity index (χ0) is 26.1. The van der Waals surface area contributed by atoms with Gasteiger partial charge < -0.3 is 35.2 Å². The number of nitrogens with zero attached hydrogens (tertiary/aromatic N) is 1. The predicted octanol–water partition coefficient (Wildman–Crippen LogP) is 1.53. The summed E-state index contributed by atoms with van der Waals surface area (Å²) >= 11 is 0. The smallest absolute Gasteiger partial charge is 0.306 e. The quantitative estimate of drug-likeness (QED) is 0.143. The van der Waals surface area contributed by atoms with Crippen LogP contribution in [0.5, 0.6) is 0 Å². The maximum Gasteiger partial charge on any atom is 0.306 e. The highest BCUT2D eigenvalue weighted by atomic mass is 16.5. The van der Waals surface area contributed by atoms with Crippen molar-refractivity contribution >= 4 is 11.9 Å². The largest absolute Gasteiger partial charge is 0.461 e. The molecular weight excluding hydrogens is 454 g/mol. The van der Waals surface area contributed by atoms with Crippen molar-refractivity contribution in [3.05, 3.63) is 35.9 Å². The van der Waals surface area contributed by atoms with Gasteiger partial charge in [-0.25, -0.2) is 0 Å². The summed E-state index contributed by atoms with van der Waals surface area (Å²) in [5.74, 6) is -0.336. The molecule has 1 aromatic carbocycles. The maximum absolute atomic E-state index is 12.2. The van der Waals surface area contributed by atoms with E-state index in [1.54, 1.807) is 0 Å². The molecule has 0 saturated carbocycles. The van der Waals surface area contributed by atoms with Crippen molar-refractivity contribution in [3.63, 3.8) is 0 Å². The Bertz CT molecular complexity index is 702. The number of esters is 1. The minimum absolute atomic E-state index is 0.163. The summed E-state index contributed by atoms with van der Waals surface area (Å²) in [6, 6.07) is 9.62. The molecule has 1 amide bonds. The third-order valence-corrected chi connectivity index (χ3v) is 5.98.